The number of nitrogens with zero attached hydrogens (tertiary/aromatic N) is 1. The Bertz CT molecular complexity index is 372. The molecule has 0 spiro atoms. The Morgan fingerprint density at radius 2 is 2.19 bits per heavy atom. The first-order chi connectivity index (χ1) is 7.58. The smallest absolute Gasteiger partial charge is 0.0508 e. The van der Waals surface area contributed by atoms with Gasteiger partial charge >= 0.3 is 0 Å². The number of hydrogen-bond acceptors (Lipinski definition) is 2. The lowest BCUT2D eigenvalue weighted by atomic mass is 10.1. The van der Waals surface area contributed by atoms with Crippen molar-refractivity contribution in [3.8, 4) is 0 Å². The summed E-state index contributed by atoms with van der Waals surface area (Å²) in [6.45, 7) is 3.17. The van der Waals surface area contributed by atoms with Gasteiger partial charge in [0, 0.05) is 24.1 Å². The largest absolute Gasteiger partial charge is 0.373 e. The fourth-order valence-corrected chi connectivity index (χ4v) is 2.60. The Balaban J connectivity index is 2.14. The maximum absolute atomic E-state index is 5.87. The van der Waals surface area contributed by atoms with Gasteiger partial charge in [0.15, 0.2) is 0 Å². The second-order valence-electron chi connectivity index (χ2n) is 4.82. The molecular formula is C13H19BrN2. The van der Waals surface area contributed by atoms with Crippen molar-refractivity contribution in [1.82, 2.24) is 0 Å². The Labute approximate surface area is 106 Å². The van der Waals surface area contributed by atoms with Crippen molar-refractivity contribution in [1.29, 1.82) is 0 Å². The van der Waals surface area contributed by atoms with E-state index in [4.69, 9.17) is 5.73 Å². The summed E-state index contributed by atoms with van der Waals surface area (Å²) >= 11 is 3.63. The normalized spacial score (nSPS) is 17.2. The predicted octanol–water partition coefficient (Wildman–Crippen LogP) is 3.32. The lowest BCUT2D eigenvalue weighted by molar-refractivity contribution is 0.783. The molecule has 1 aromatic carbocycles. The summed E-state index contributed by atoms with van der Waals surface area (Å²) in [5, 5.41) is 0. The Morgan fingerprint density at radius 1 is 1.50 bits per heavy atom. The third-order valence-electron chi connectivity index (χ3n) is 3.14. The van der Waals surface area contributed by atoms with Crippen molar-refractivity contribution in [2.45, 2.75) is 25.8 Å². The molecule has 1 aliphatic rings. The van der Waals surface area contributed by atoms with E-state index in [9.17, 15) is 0 Å². The number of benzene rings is 1. The van der Waals surface area contributed by atoms with Gasteiger partial charge in [-0.3, -0.25) is 0 Å². The summed E-state index contributed by atoms with van der Waals surface area (Å²) in [5.41, 5.74) is 8.30. The zero-order valence-corrected chi connectivity index (χ0v) is 11.5. The average Bonchev–Trinajstić information content (AvgIpc) is 3.01. The van der Waals surface area contributed by atoms with Crippen LogP contribution in [0.15, 0.2) is 22.7 Å². The SMILES string of the molecule is CC(N)c1ccc(N(C)CC2CC2)c(Br)c1. The minimum Gasteiger partial charge on any atom is -0.373 e. The lowest BCUT2D eigenvalue weighted by Gasteiger charge is -2.21. The van der Waals surface area contributed by atoms with Gasteiger partial charge in [0.05, 0.1) is 5.69 Å². The van der Waals surface area contributed by atoms with Crippen LogP contribution in [0.2, 0.25) is 0 Å². The Kier molecular flexibility index (Phi) is 3.55. The highest BCUT2D eigenvalue weighted by atomic mass is 79.9. The van der Waals surface area contributed by atoms with E-state index in [1.807, 2.05) is 6.92 Å². The summed E-state index contributed by atoms with van der Waals surface area (Å²) in [4.78, 5) is 2.33. The molecule has 0 radical (unpaired) electrons. The third-order valence-corrected chi connectivity index (χ3v) is 3.77. The maximum atomic E-state index is 5.87. The number of rotatable bonds is 4. The molecule has 1 unspecified atom stereocenters. The van der Waals surface area contributed by atoms with Gasteiger partial charge in [-0.05, 0) is 59.3 Å². The predicted molar refractivity (Wildman–Crippen MR) is 72.7 cm³/mol. The second-order valence-corrected chi connectivity index (χ2v) is 5.68. The summed E-state index contributed by atoms with van der Waals surface area (Å²) in [6, 6.07) is 6.50. The summed E-state index contributed by atoms with van der Waals surface area (Å²) in [6.07, 6.45) is 2.78. The number of hydrogen-bond donors (Lipinski definition) is 1. The number of nitrogens with two attached hydrogens (primary N) is 1. The van der Waals surface area contributed by atoms with Crippen molar-refractivity contribution < 1.29 is 0 Å². The van der Waals surface area contributed by atoms with Crippen LogP contribution < -0.4 is 10.6 Å². The molecule has 3 heteroatoms. The zero-order valence-electron chi connectivity index (χ0n) is 9.91. The fourth-order valence-electron chi connectivity index (χ4n) is 1.90. The molecule has 16 heavy (non-hydrogen) atoms. The van der Waals surface area contributed by atoms with Gasteiger partial charge in [0.2, 0.25) is 0 Å². The van der Waals surface area contributed by atoms with Crippen LogP contribution in [0.25, 0.3) is 0 Å². The average molecular weight is 283 g/mol. The monoisotopic (exact) mass is 282 g/mol. The molecular weight excluding hydrogens is 264 g/mol. The van der Waals surface area contributed by atoms with Crippen LogP contribution in [0.4, 0.5) is 5.69 Å². The summed E-state index contributed by atoms with van der Waals surface area (Å²) in [5.74, 6) is 0.907. The van der Waals surface area contributed by atoms with Crippen LogP contribution in [-0.2, 0) is 0 Å². The molecule has 1 aliphatic carbocycles. The topological polar surface area (TPSA) is 29.3 Å². The van der Waals surface area contributed by atoms with E-state index in [0.717, 1.165) is 16.9 Å². The van der Waals surface area contributed by atoms with Crippen LogP contribution in [0, 0.1) is 5.92 Å². The van der Waals surface area contributed by atoms with E-state index < -0.39 is 0 Å². The highest BCUT2D eigenvalue weighted by Crippen LogP contribution is 2.33. The molecule has 1 aromatic rings. The van der Waals surface area contributed by atoms with Crippen LogP contribution >= 0.6 is 15.9 Å². The minimum absolute atomic E-state index is 0.0964. The molecule has 0 aliphatic heterocycles. The summed E-state index contributed by atoms with van der Waals surface area (Å²) in [7, 11) is 2.16. The molecule has 1 atom stereocenters. The van der Waals surface area contributed by atoms with Crippen LogP contribution in [-0.4, -0.2) is 13.6 Å². The lowest BCUT2D eigenvalue weighted by Crippen LogP contribution is -2.20. The van der Waals surface area contributed by atoms with Crippen LogP contribution in [0.3, 0.4) is 0 Å². The third kappa shape index (κ3) is 2.77. The van der Waals surface area contributed by atoms with E-state index in [1.165, 1.54) is 24.1 Å². The first kappa shape index (κ1) is 11.9. The Hall–Kier alpha value is -0.540. The Morgan fingerprint density at radius 3 is 2.69 bits per heavy atom. The highest BCUT2D eigenvalue weighted by molar-refractivity contribution is 9.10. The highest BCUT2D eigenvalue weighted by Gasteiger charge is 2.23. The molecule has 0 heterocycles. The molecule has 2 rings (SSSR count). The zero-order chi connectivity index (χ0) is 11.7. The van der Waals surface area contributed by atoms with Gasteiger partial charge in [-0.25, -0.2) is 0 Å². The van der Waals surface area contributed by atoms with E-state index in [2.05, 4.69) is 46.1 Å². The number of halogens is 1. The molecule has 1 saturated carbocycles. The second kappa shape index (κ2) is 4.76. The van der Waals surface area contributed by atoms with Gasteiger partial charge in [0.25, 0.3) is 0 Å². The fraction of sp³-hybridized carbons (Fsp3) is 0.538. The van der Waals surface area contributed by atoms with Crippen molar-refractivity contribution in [2.24, 2.45) is 11.7 Å². The quantitative estimate of drug-likeness (QED) is 0.918. The van der Waals surface area contributed by atoms with E-state index in [1.54, 1.807) is 0 Å². The van der Waals surface area contributed by atoms with E-state index in [-0.39, 0.29) is 6.04 Å². The van der Waals surface area contributed by atoms with Crippen molar-refractivity contribution in [3.05, 3.63) is 28.2 Å². The number of anilines is 1. The molecule has 0 aromatic heterocycles. The standard InChI is InChI=1S/C13H19BrN2/c1-9(15)11-5-6-13(12(14)7-11)16(2)8-10-3-4-10/h5-7,9-10H,3-4,8,15H2,1-2H3. The van der Waals surface area contributed by atoms with Crippen molar-refractivity contribution in [2.75, 3.05) is 18.5 Å². The molecule has 0 saturated heterocycles. The summed E-state index contributed by atoms with van der Waals surface area (Å²) < 4.78 is 1.14. The first-order valence-corrected chi connectivity index (χ1v) is 6.63. The van der Waals surface area contributed by atoms with Crippen LogP contribution in [0.5, 0.6) is 0 Å². The maximum Gasteiger partial charge on any atom is 0.0508 e. The molecule has 88 valence electrons. The van der Waals surface area contributed by atoms with Gasteiger partial charge in [-0.1, -0.05) is 6.07 Å². The molecule has 2 N–H and O–H groups in total. The molecule has 0 amide bonds. The molecule has 0 bridgehead atoms. The first-order valence-electron chi connectivity index (χ1n) is 5.84. The van der Waals surface area contributed by atoms with Gasteiger partial charge in [-0.2, -0.15) is 0 Å². The van der Waals surface area contributed by atoms with E-state index in [0.29, 0.717) is 0 Å². The molecule has 2 nitrogen and oxygen atoms in total. The van der Waals surface area contributed by atoms with Crippen molar-refractivity contribution in [3.63, 3.8) is 0 Å². The van der Waals surface area contributed by atoms with Crippen molar-refractivity contribution >= 4 is 21.6 Å². The molecule has 1 fully saturated rings. The van der Waals surface area contributed by atoms with E-state index >= 15 is 0 Å². The van der Waals surface area contributed by atoms with Gasteiger partial charge < -0.3 is 10.6 Å². The van der Waals surface area contributed by atoms with Gasteiger partial charge in [0.1, 0.15) is 0 Å². The minimum atomic E-state index is 0.0964. The van der Waals surface area contributed by atoms with Crippen LogP contribution in [0.1, 0.15) is 31.4 Å². The van der Waals surface area contributed by atoms with Gasteiger partial charge in [-0.15, -0.1) is 0 Å².